The van der Waals surface area contributed by atoms with Crippen LogP contribution in [0, 0.1) is 28.6 Å². The molecule has 0 aliphatic carbocycles. The van der Waals surface area contributed by atoms with Crippen LogP contribution in [-0.4, -0.2) is 0 Å². The predicted molar refractivity (Wildman–Crippen MR) is 67.9 cm³/mol. The average molecular weight is 224 g/mol. The second-order valence-corrected chi connectivity index (χ2v) is 4.41. The van der Waals surface area contributed by atoms with Crippen LogP contribution >= 0.6 is 0 Å². The van der Waals surface area contributed by atoms with Gasteiger partial charge in [-0.25, -0.2) is 0 Å². The first kappa shape index (κ1) is 13.0. The summed E-state index contributed by atoms with van der Waals surface area (Å²) in [6, 6.07) is 14.0. The number of rotatable bonds is 3. The van der Waals surface area contributed by atoms with E-state index in [0.717, 1.165) is 11.1 Å². The fraction of sp³-hybridized carbons (Fsp3) is 0.333. The van der Waals surface area contributed by atoms with Gasteiger partial charge in [-0.1, -0.05) is 44.2 Å². The van der Waals surface area contributed by atoms with Gasteiger partial charge < -0.3 is 0 Å². The third-order valence-corrected chi connectivity index (χ3v) is 2.91. The molecule has 1 rings (SSSR count). The third kappa shape index (κ3) is 2.95. The Morgan fingerprint density at radius 2 is 1.59 bits per heavy atom. The topological polar surface area (TPSA) is 47.6 Å². The maximum absolute atomic E-state index is 8.94. The SMILES string of the molecule is CC(=C(C#N)C#N)C(c1ccccc1)C(C)C. The summed E-state index contributed by atoms with van der Waals surface area (Å²) in [5, 5.41) is 17.9. The monoisotopic (exact) mass is 224 g/mol. The molecular weight excluding hydrogens is 208 g/mol. The molecule has 0 aliphatic heterocycles. The van der Waals surface area contributed by atoms with Gasteiger partial charge in [0.2, 0.25) is 0 Å². The van der Waals surface area contributed by atoms with Crippen LogP contribution in [0.4, 0.5) is 0 Å². The first-order chi connectivity index (χ1) is 8.11. The maximum Gasteiger partial charge on any atom is 0.129 e. The van der Waals surface area contributed by atoms with E-state index in [4.69, 9.17) is 10.5 Å². The van der Waals surface area contributed by atoms with Crippen LogP contribution in [0.25, 0.3) is 0 Å². The predicted octanol–water partition coefficient (Wildman–Crippen LogP) is 3.79. The molecule has 0 amide bonds. The Balaban J connectivity index is 3.27. The minimum atomic E-state index is 0.130. The van der Waals surface area contributed by atoms with E-state index in [-0.39, 0.29) is 11.5 Å². The van der Waals surface area contributed by atoms with Crippen molar-refractivity contribution in [2.24, 2.45) is 5.92 Å². The van der Waals surface area contributed by atoms with E-state index >= 15 is 0 Å². The van der Waals surface area contributed by atoms with Gasteiger partial charge in [0.15, 0.2) is 0 Å². The lowest BCUT2D eigenvalue weighted by Gasteiger charge is -2.22. The van der Waals surface area contributed by atoms with Crippen LogP contribution in [0.2, 0.25) is 0 Å². The molecule has 2 heteroatoms. The largest absolute Gasteiger partial charge is 0.192 e. The zero-order valence-corrected chi connectivity index (χ0v) is 10.4. The highest BCUT2D eigenvalue weighted by Crippen LogP contribution is 2.32. The molecule has 2 nitrogen and oxygen atoms in total. The fourth-order valence-corrected chi connectivity index (χ4v) is 2.15. The summed E-state index contributed by atoms with van der Waals surface area (Å²) in [6.45, 7) is 6.08. The van der Waals surface area contributed by atoms with Crippen LogP contribution in [0.5, 0.6) is 0 Å². The van der Waals surface area contributed by atoms with Gasteiger partial charge >= 0.3 is 0 Å². The van der Waals surface area contributed by atoms with E-state index in [1.54, 1.807) is 0 Å². The molecule has 1 unspecified atom stereocenters. The summed E-state index contributed by atoms with van der Waals surface area (Å²) >= 11 is 0. The van der Waals surface area contributed by atoms with E-state index in [0.29, 0.717) is 5.92 Å². The molecule has 0 saturated carbocycles. The highest BCUT2D eigenvalue weighted by atomic mass is 14.3. The smallest absolute Gasteiger partial charge is 0.129 e. The molecule has 0 saturated heterocycles. The standard InChI is InChI=1S/C15H16N2/c1-11(2)15(12(3)14(9-16)10-17)13-7-5-4-6-8-13/h4-8,11,15H,1-3H3. The fourth-order valence-electron chi connectivity index (χ4n) is 2.15. The highest BCUT2D eigenvalue weighted by Gasteiger charge is 2.20. The van der Waals surface area contributed by atoms with Crippen molar-refractivity contribution >= 4 is 0 Å². The van der Waals surface area contributed by atoms with Crippen molar-refractivity contribution in [2.75, 3.05) is 0 Å². The summed E-state index contributed by atoms with van der Waals surface area (Å²) in [7, 11) is 0. The van der Waals surface area contributed by atoms with E-state index < -0.39 is 0 Å². The molecule has 0 aliphatic rings. The van der Waals surface area contributed by atoms with Gasteiger partial charge in [0.25, 0.3) is 0 Å². The molecule has 1 aromatic carbocycles. The van der Waals surface area contributed by atoms with Crippen molar-refractivity contribution in [1.82, 2.24) is 0 Å². The van der Waals surface area contributed by atoms with E-state index in [1.807, 2.05) is 49.4 Å². The number of allylic oxidation sites excluding steroid dienone is 2. The van der Waals surface area contributed by atoms with Gasteiger partial charge in [0, 0.05) is 5.92 Å². The maximum atomic E-state index is 8.94. The minimum absolute atomic E-state index is 0.130. The number of hydrogen-bond donors (Lipinski definition) is 0. The third-order valence-electron chi connectivity index (χ3n) is 2.91. The Hall–Kier alpha value is -2.06. The van der Waals surface area contributed by atoms with Gasteiger partial charge in [0.05, 0.1) is 0 Å². The Morgan fingerprint density at radius 3 is 2.00 bits per heavy atom. The molecule has 86 valence electrons. The van der Waals surface area contributed by atoms with Crippen LogP contribution < -0.4 is 0 Å². The van der Waals surface area contributed by atoms with Crippen LogP contribution in [0.3, 0.4) is 0 Å². The molecule has 1 aromatic rings. The highest BCUT2D eigenvalue weighted by molar-refractivity contribution is 5.44. The normalized spacial score (nSPS) is 11.4. The Morgan fingerprint density at radius 1 is 1.06 bits per heavy atom. The average Bonchev–Trinajstić information content (AvgIpc) is 2.31. The van der Waals surface area contributed by atoms with Crippen molar-refractivity contribution in [1.29, 1.82) is 10.5 Å². The summed E-state index contributed by atoms with van der Waals surface area (Å²) in [6.07, 6.45) is 0. The van der Waals surface area contributed by atoms with Crippen molar-refractivity contribution < 1.29 is 0 Å². The zero-order valence-electron chi connectivity index (χ0n) is 10.4. The molecule has 0 aromatic heterocycles. The molecule has 0 spiro atoms. The number of nitrogens with zero attached hydrogens (tertiary/aromatic N) is 2. The summed E-state index contributed by atoms with van der Waals surface area (Å²) in [5.41, 5.74) is 2.24. The quantitative estimate of drug-likeness (QED) is 0.733. The van der Waals surface area contributed by atoms with Gasteiger partial charge in [-0.15, -0.1) is 0 Å². The summed E-state index contributed by atoms with van der Waals surface area (Å²) in [5.74, 6) is 0.486. The first-order valence-electron chi connectivity index (χ1n) is 5.67. The van der Waals surface area contributed by atoms with Crippen molar-refractivity contribution in [2.45, 2.75) is 26.7 Å². The van der Waals surface area contributed by atoms with Gasteiger partial charge in [-0.05, 0) is 24.0 Å². The van der Waals surface area contributed by atoms with Gasteiger partial charge in [0.1, 0.15) is 17.7 Å². The molecule has 1 atom stereocenters. The number of nitriles is 2. The van der Waals surface area contributed by atoms with Crippen molar-refractivity contribution in [3.63, 3.8) is 0 Å². The lowest BCUT2D eigenvalue weighted by atomic mass is 9.81. The van der Waals surface area contributed by atoms with Crippen LogP contribution in [-0.2, 0) is 0 Å². The molecule has 0 heterocycles. The Labute approximate surface area is 103 Å². The molecule has 17 heavy (non-hydrogen) atoms. The molecule has 0 bridgehead atoms. The van der Waals surface area contributed by atoms with E-state index in [1.165, 1.54) is 0 Å². The molecule has 0 radical (unpaired) electrons. The Bertz CT molecular complexity index is 468. The van der Waals surface area contributed by atoms with Crippen LogP contribution in [0.1, 0.15) is 32.3 Å². The minimum Gasteiger partial charge on any atom is -0.192 e. The zero-order chi connectivity index (χ0) is 12.8. The number of hydrogen-bond acceptors (Lipinski definition) is 2. The summed E-state index contributed by atoms with van der Waals surface area (Å²) in [4.78, 5) is 0. The number of benzene rings is 1. The molecule has 0 N–H and O–H groups in total. The van der Waals surface area contributed by atoms with Crippen LogP contribution in [0.15, 0.2) is 41.5 Å². The second kappa shape index (κ2) is 5.87. The first-order valence-corrected chi connectivity index (χ1v) is 5.67. The Kier molecular flexibility index (Phi) is 4.49. The van der Waals surface area contributed by atoms with E-state index in [9.17, 15) is 0 Å². The van der Waals surface area contributed by atoms with Gasteiger partial charge in [-0.2, -0.15) is 10.5 Å². The molecular formula is C15H16N2. The second-order valence-electron chi connectivity index (χ2n) is 4.41. The molecule has 0 fully saturated rings. The van der Waals surface area contributed by atoms with Crippen molar-refractivity contribution in [3.8, 4) is 12.1 Å². The van der Waals surface area contributed by atoms with Gasteiger partial charge in [-0.3, -0.25) is 0 Å². The van der Waals surface area contributed by atoms with Crippen molar-refractivity contribution in [3.05, 3.63) is 47.0 Å². The lowest BCUT2D eigenvalue weighted by Crippen LogP contribution is -2.09. The van der Waals surface area contributed by atoms with E-state index in [2.05, 4.69) is 13.8 Å². The lowest BCUT2D eigenvalue weighted by molar-refractivity contribution is 0.554. The summed E-state index contributed by atoms with van der Waals surface area (Å²) < 4.78 is 0.